The largest absolute Gasteiger partial charge is 0.394 e. The van der Waals surface area contributed by atoms with E-state index in [1.807, 2.05) is 0 Å². The molecule has 1 saturated heterocycles. The summed E-state index contributed by atoms with van der Waals surface area (Å²) in [6.07, 6.45) is 0.718. The van der Waals surface area contributed by atoms with Crippen LogP contribution in [0.5, 0.6) is 0 Å². The van der Waals surface area contributed by atoms with E-state index in [9.17, 15) is 9.59 Å². The van der Waals surface area contributed by atoms with Crippen LogP contribution in [0.3, 0.4) is 0 Å². The summed E-state index contributed by atoms with van der Waals surface area (Å²) in [6, 6.07) is 0. The molecular formula is C9H13NO3. The molecule has 2 fully saturated rings. The van der Waals surface area contributed by atoms with Gasteiger partial charge in [-0.2, -0.15) is 0 Å². The van der Waals surface area contributed by atoms with Gasteiger partial charge in [-0.25, -0.2) is 0 Å². The molecule has 0 aromatic carbocycles. The summed E-state index contributed by atoms with van der Waals surface area (Å²) in [6.45, 7) is 3.23. The zero-order valence-corrected chi connectivity index (χ0v) is 7.78. The highest BCUT2D eigenvalue weighted by Gasteiger charge is 2.61. The van der Waals surface area contributed by atoms with Crippen molar-refractivity contribution in [1.29, 1.82) is 0 Å². The van der Waals surface area contributed by atoms with Crippen LogP contribution in [0.2, 0.25) is 0 Å². The number of imide groups is 1. The average molecular weight is 183 g/mol. The Kier molecular flexibility index (Phi) is 1.55. The van der Waals surface area contributed by atoms with Crippen LogP contribution in [0.25, 0.3) is 0 Å². The van der Waals surface area contributed by atoms with Gasteiger partial charge >= 0.3 is 0 Å². The van der Waals surface area contributed by atoms with Crippen molar-refractivity contribution in [3.8, 4) is 0 Å². The summed E-state index contributed by atoms with van der Waals surface area (Å²) >= 11 is 0. The number of fused-ring (bicyclic) bond motifs is 1. The van der Waals surface area contributed by atoms with E-state index >= 15 is 0 Å². The first-order valence-electron chi connectivity index (χ1n) is 4.48. The number of nitrogens with zero attached hydrogens (tertiary/aromatic N) is 1. The summed E-state index contributed by atoms with van der Waals surface area (Å²) in [5.74, 6) is -0.347. The zero-order valence-electron chi connectivity index (χ0n) is 7.78. The lowest BCUT2D eigenvalue weighted by Gasteiger charge is -2.33. The topological polar surface area (TPSA) is 57.6 Å². The van der Waals surface area contributed by atoms with Crippen molar-refractivity contribution in [2.45, 2.75) is 25.8 Å². The van der Waals surface area contributed by atoms with Gasteiger partial charge in [0.1, 0.15) is 0 Å². The second-order valence-electron chi connectivity index (χ2n) is 4.43. The Morgan fingerprint density at radius 3 is 2.23 bits per heavy atom. The highest BCUT2D eigenvalue weighted by atomic mass is 16.3. The van der Waals surface area contributed by atoms with E-state index in [0.29, 0.717) is 0 Å². The average Bonchev–Trinajstić information content (AvgIpc) is 2.78. The molecule has 0 aromatic rings. The van der Waals surface area contributed by atoms with Crippen LogP contribution in [0.15, 0.2) is 0 Å². The van der Waals surface area contributed by atoms with Crippen LogP contribution in [0.4, 0.5) is 0 Å². The van der Waals surface area contributed by atoms with Gasteiger partial charge < -0.3 is 5.11 Å². The fourth-order valence-electron chi connectivity index (χ4n) is 1.85. The lowest BCUT2D eigenvalue weighted by Crippen LogP contribution is -2.51. The maximum atomic E-state index is 11.6. The number of amides is 2. The minimum absolute atomic E-state index is 0.0710. The first-order valence-corrected chi connectivity index (χ1v) is 4.48. The van der Waals surface area contributed by atoms with Crippen LogP contribution >= 0.6 is 0 Å². The van der Waals surface area contributed by atoms with E-state index in [1.54, 1.807) is 13.8 Å². The van der Waals surface area contributed by atoms with Crippen LogP contribution < -0.4 is 0 Å². The summed E-state index contributed by atoms with van der Waals surface area (Å²) in [5, 5.41) is 9.04. The second kappa shape index (κ2) is 2.32. The maximum absolute atomic E-state index is 11.6. The van der Waals surface area contributed by atoms with Crippen molar-refractivity contribution in [1.82, 2.24) is 4.90 Å². The fourth-order valence-corrected chi connectivity index (χ4v) is 1.85. The summed E-state index contributed by atoms with van der Waals surface area (Å²) in [4.78, 5) is 24.3. The first kappa shape index (κ1) is 8.69. The fraction of sp³-hybridized carbons (Fsp3) is 0.778. The summed E-state index contributed by atoms with van der Waals surface area (Å²) in [7, 11) is 0. The van der Waals surface area contributed by atoms with Crippen molar-refractivity contribution >= 4 is 11.8 Å². The van der Waals surface area contributed by atoms with Crippen molar-refractivity contribution < 1.29 is 14.7 Å². The third-order valence-electron chi connectivity index (χ3n) is 2.86. The number of likely N-dealkylation sites (tertiary alicyclic amines) is 1. The number of aliphatic hydroxyl groups is 1. The van der Waals surface area contributed by atoms with Crippen molar-refractivity contribution in [3.05, 3.63) is 0 Å². The number of rotatable bonds is 2. The molecule has 1 N–H and O–H groups in total. The molecule has 2 amide bonds. The molecule has 4 heteroatoms. The lowest BCUT2D eigenvalue weighted by atomic mass is 10.0. The van der Waals surface area contributed by atoms with Gasteiger partial charge in [0.25, 0.3) is 0 Å². The Balaban J connectivity index is 2.25. The van der Waals surface area contributed by atoms with E-state index in [0.717, 1.165) is 6.42 Å². The molecule has 0 aromatic heterocycles. The van der Waals surface area contributed by atoms with Gasteiger partial charge in [0.2, 0.25) is 11.8 Å². The molecule has 4 nitrogen and oxygen atoms in total. The van der Waals surface area contributed by atoms with Crippen LogP contribution in [0.1, 0.15) is 20.3 Å². The predicted molar refractivity (Wildman–Crippen MR) is 44.6 cm³/mol. The van der Waals surface area contributed by atoms with Crippen LogP contribution in [-0.2, 0) is 9.59 Å². The maximum Gasteiger partial charge on any atom is 0.233 e. The highest BCUT2D eigenvalue weighted by molar-refractivity contribution is 6.09. The highest BCUT2D eigenvalue weighted by Crippen LogP contribution is 2.48. The Morgan fingerprint density at radius 2 is 1.85 bits per heavy atom. The van der Waals surface area contributed by atoms with Crippen molar-refractivity contribution in [3.63, 3.8) is 0 Å². The molecule has 2 rings (SSSR count). The molecule has 72 valence electrons. The SMILES string of the molecule is CC(C)(CO)N1C(=O)C2CC2C1=O. The molecule has 1 heterocycles. The summed E-state index contributed by atoms with van der Waals surface area (Å²) < 4.78 is 0. The Hall–Kier alpha value is -0.900. The van der Waals surface area contributed by atoms with Gasteiger partial charge in [-0.05, 0) is 20.3 Å². The molecule has 2 aliphatic rings. The van der Waals surface area contributed by atoms with E-state index in [-0.39, 0.29) is 30.3 Å². The van der Waals surface area contributed by atoms with E-state index in [4.69, 9.17) is 5.11 Å². The molecule has 1 aliphatic heterocycles. The van der Waals surface area contributed by atoms with Gasteiger partial charge in [0.15, 0.2) is 0 Å². The van der Waals surface area contributed by atoms with Gasteiger partial charge in [0.05, 0.1) is 24.0 Å². The Labute approximate surface area is 76.5 Å². The first-order chi connectivity index (χ1) is 5.99. The number of carbonyl (C=O) groups excluding carboxylic acids is 2. The number of carbonyl (C=O) groups is 2. The van der Waals surface area contributed by atoms with Gasteiger partial charge in [-0.3, -0.25) is 14.5 Å². The predicted octanol–water partition coefficient (Wildman–Crippen LogP) is -0.238. The van der Waals surface area contributed by atoms with Gasteiger partial charge in [0, 0.05) is 0 Å². The van der Waals surface area contributed by atoms with E-state index in [2.05, 4.69) is 0 Å². The Bertz CT molecular complexity index is 265. The van der Waals surface area contributed by atoms with E-state index in [1.165, 1.54) is 4.90 Å². The monoisotopic (exact) mass is 183 g/mol. The molecule has 1 saturated carbocycles. The van der Waals surface area contributed by atoms with Crippen LogP contribution in [0, 0.1) is 11.8 Å². The number of hydrogen-bond donors (Lipinski definition) is 1. The number of aliphatic hydroxyl groups excluding tert-OH is 1. The van der Waals surface area contributed by atoms with Crippen LogP contribution in [-0.4, -0.2) is 34.0 Å². The normalized spacial score (nSPS) is 32.4. The molecule has 0 spiro atoms. The van der Waals surface area contributed by atoms with E-state index < -0.39 is 5.54 Å². The third kappa shape index (κ3) is 1.01. The molecule has 13 heavy (non-hydrogen) atoms. The quantitative estimate of drug-likeness (QED) is 0.601. The van der Waals surface area contributed by atoms with Gasteiger partial charge in [-0.15, -0.1) is 0 Å². The Morgan fingerprint density at radius 1 is 1.38 bits per heavy atom. The van der Waals surface area contributed by atoms with Gasteiger partial charge in [-0.1, -0.05) is 0 Å². The van der Waals surface area contributed by atoms with Crippen molar-refractivity contribution in [2.75, 3.05) is 6.61 Å². The minimum Gasteiger partial charge on any atom is -0.394 e. The molecule has 2 atom stereocenters. The standard InChI is InChI=1S/C9H13NO3/c1-9(2,4-11)10-7(12)5-3-6(5)8(10)13/h5-6,11H,3-4H2,1-2H3. The molecule has 0 radical (unpaired) electrons. The zero-order chi connectivity index (χ0) is 9.80. The third-order valence-corrected chi connectivity index (χ3v) is 2.86. The number of hydrogen-bond acceptors (Lipinski definition) is 3. The molecular weight excluding hydrogens is 170 g/mol. The van der Waals surface area contributed by atoms with Crippen molar-refractivity contribution in [2.24, 2.45) is 11.8 Å². The summed E-state index contributed by atoms with van der Waals surface area (Å²) in [5.41, 5.74) is -0.735. The lowest BCUT2D eigenvalue weighted by molar-refractivity contribution is -0.149. The second-order valence-corrected chi connectivity index (χ2v) is 4.43. The minimum atomic E-state index is -0.735. The molecule has 0 bridgehead atoms. The number of piperidine rings is 1. The molecule has 1 aliphatic carbocycles. The smallest absolute Gasteiger partial charge is 0.233 e. The molecule has 2 unspecified atom stereocenters.